The highest BCUT2D eigenvalue weighted by molar-refractivity contribution is 5.81. The van der Waals surface area contributed by atoms with Crippen LogP contribution in [0.5, 0.6) is 0 Å². The standard InChI is InChI=1S/C10H21N3O/c1-3-8-4-5-9(7(8)2)12-6-10(11)13-14/h7-9,12,14H,3-6H2,1-2H3,(H2,11,13). The van der Waals surface area contributed by atoms with Gasteiger partial charge in [-0.3, -0.25) is 0 Å². The molecule has 1 saturated carbocycles. The Morgan fingerprint density at radius 3 is 2.79 bits per heavy atom. The number of nitrogens with zero attached hydrogens (tertiary/aromatic N) is 1. The highest BCUT2D eigenvalue weighted by atomic mass is 16.4. The van der Waals surface area contributed by atoms with E-state index in [1.54, 1.807) is 0 Å². The van der Waals surface area contributed by atoms with Crippen LogP contribution in [0.1, 0.15) is 33.1 Å². The Morgan fingerprint density at radius 2 is 2.29 bits per heavy atom. The van der Waals surface area contributed by atoms with Crippen molar-refractivity contribution in [1.82, 2.24) is 5.32 Å². The van der Waals surface area contributed by atoms with Crippen molar-refractivity contribution < 1.29 is 5.21 Å². The van der Waals surface area contributed by atoms with E-state index in [2.05, 4.69) is 24.3 Å². The van der Waals surface area contributed by atoms with Crippen molar-refractivity contribution in [2.45, 2.75) is 39.2 Å². The molecule has 0 aromatic rings. The van der Waals surface area contributed by atoms with Gasteiger partial charge in [-0.1, -0.05) is 25.4 Å². The van der Waals surface area contributed by atoms with Gasteiger partial charge in [-0.2, -0.15) is 0 Å². The first-order valence-corrected chi connectivity index (χ1v) is 5.38. The fourth-order valence-electron chi connectivity index (χ4n) is 2.38. The molecule has 0 spiro atoms. The van der Waals surface area contributed by atoms with Gasteiger partial charge in [0.25, 0.3) is 0 Å². The van der Waals surface area contributed by atoms with Gasteiger partial charge in [0, 0.05) is 6.04 Å². The van der Waals surface area contributed by atoms with Gasteiger partial charge >= 0.3 is 0 Å². The van der Waals surface area contributed by atoms with E-state index in [1.165, 1.54) is 19.3 Å². The molecule has 1 aliphatic rings. The summed E-state index contributed by atoms with van der Waals surface area (Å²) in [4.78, 5) is 0. The van der Waals surface area contributed by atoms with Gasteiger partial charge in [-0.25, -0.2) is 0 Å². The van der Waals surface area contributed by atoms with Crippen molar-refractivity contribution >= 4 is 5.84 Å². The molecule has 0 saturated heterocycles. The van der Waals surface area contributed by atoms with Gasteiger partial charge in [0.1, 0.15) is 0 Å². The topological polar surface area (TPSA) is 70.6 Å². The summed E-state index contributed by atoms with van der Waals surface area (Å²) in [5.41, 5.74) is 5.40. The number of hydrogen-bond acceptors (Lipinski definition) is 3. The molecule has 3 atom stereocenters. The first-order valence-electron chi connectivity index (χ1n) is 5.38. The third-order valence-corrected chi connectivity index (χ3v) is 3.42. The number of hydrogen-bond donors (Lipinski definition) is 3. The van der Waals surface area contributed by atoms with Crippen molar-refractivity contribution in [3.8, 4) is 0 Å². The third kappa shape index (κ3) is 2.61. The van der Waals surface area contributed by atoms with Crippen molar-refractivity contribution in [2.24, 2.45) is 22.7 Å². The van der Waals surface area contributed by atoms with Crippen LogP contribution in [-0.4, -0.2) is 23.6 Å². The maximum atomic E-state index is 8.40. The third-order valence-electron chi connectivity index (χ3n) is 3.42. The lowest BCUT2D eigenvalue weighted by atomic mass is 9.93. The molecule has 1 aliphatic carbocycles. The molecule has 0 aromatic heterocycles. The molecule has 4 heteroatoms. The summed E-state index contributed by atoms with van der Waals surface area (Å²) >= 11 is 0. The quantitative estimate of drug-likeness (QED) is 0.275. The first-order chi connectivity index (χ1) is 6.69. The fourth-order valence-corrected chi connectivity index (χ4v) is 2.38. The zero-order chi connectivity index (χ0) is 10.6. The number of nitrogens with two attached hydrogens (primary N) is 1. The van der Waals surface area contributed by atoms with Gasteiger partial charge in [-0.15, -0.1) is 0 Å². The van der Waals surface area contributed by atoms with E-state index in [1.807, 2.05) is 0 Å². The lowest BCUT2D eigenvalue weighted by Crippen LogP contribution is -2.38. The molecule has 14 heavy (non-hydrogen) atoms. The van der Waals surface area contributed by atoms with Crippen LogP contribution in [0.3, 0.4) is 0 Å². The Hall–Kier alpha value is -0.770. The Labute approximate surface area is 85.6 Å². The predicted octanol–water partition coefficient (Wildman–Crippen LogP) is 1.15. The Balaban J connectivity index is 2.33. The van der Waals surface area contributed by atoms with E-state index in [9.17, 15) is 0 Å². The van der Waals surface area contributed by atoms with E-state index < -0.39 is 0 Å². The second-order valence-corrected chi connectivity index (χ2v) is 4.18. The number of oxime groups is 1. The van der Waals surface area contributed by atoms with E-state index in [0.29, 0.717) is 18.5 Å². The van der Waals surface area contributed by atoms with Crippen LogP contribution in [0, 0.1) is 11.8 Å². The molecular formula is C10H21N3O. The molecule has 0 radical (unpaired) electrons. The fraction of sp³-hybridized carbons (Fsp3) is 0.900. The largest absolute Gasteiger partial charge is 0.409 e. The maximum Gasteiger partial charge on any atom is 0.153 e. The van der Waals surface area contributed by atoms with Crippen molar-refractivity contribution in [2.75, 3.05) is 6.54 Å². The summed E-state index contributed by atoms with van der Waals surface area (Å²) in [5, 5.41) is 14.7. The molecule has 0 amide bonds. The second-order valence-electron chi connectivity index (χ2n) is 4.18. The molecule has 4 N–H and O–H groups in total. The maximum absolute atomic E-state index is 8.40. The molecule has 0 bridgehead atoms. The first kappa shape index (κ1) is 11.3. The number of rotatable bonds is 4. The Kier molecular flexibility index (Phi) is 4.20. The monoisotopic (exact) mass is 199 g/mol. The molecule has 0 aromatic carbocycles. The normalized spacial score (nSPS) is 33.6. The minimum Gasteiger partial charge on any atom is -0.409 e. The predicted molar refractivity (Wildman–Crippen MR) is 57.4 cm³/mol. The van der Waals surface area contributed by atoms with Crippen LogP contribution >= 0.6 is 0 Å². The molecule has 1 fully saturated rings. The second kappa shape index (κ2) is 5.20. The van der Waals surface area contributed by atoms with E-state index in [-0.39, 0.29) is 5.84 Å². The Bertz CT molecular complexity index is 206. The molecule has 4 nitrogen and oxygen atoms in total. The van der Waals surface area contributed by atoms with Crippen LogP contribution in [0.15, 0.2) is 5.16 Å². The summed E-state index contributed by atoms with van der Waals surface area (Å²) in [6.07, 6.45) is 3.76. The highest BCUT2D eigenvalue weighted by Gasteiger charge is 2.30. The lowest BCUT2D eigenvalue weighted by molar-refractivity contribution is 0.314. The molecule has 0 heterocycles. The van der Waals surface area contributed by atoms with Gasteiger partial charge < -0.3 is 16.3 Å². The Morgan fingerprint density at radius 1 is 1.57 bits per heavy atom. The minimum absolute atomic E-state index is 0.261. The number of nitrogens with one attached hydrogen (secondary N) is 1. The zero-order valence-corrected chi connectivity index (χ0v) is 9.03. The summed E-state index contributed by atoms with van der Waals surface area (Å²) in [5.74, 6) is 1.79. The van der Waals surface area contributed by atoms with Crippen molar-refractivity contribution in [1.29, 1.82) is 0 Å². The lowest BCUT2D eigenvalue weighted by Gasteiger charge is -2.20. The molecule has 0 aliphatic heterocycles. The molecule has 3 unspecified atom stereocenters. The van der Waals surface area contributed by atoms with Crippen LogP contribution in [0.2, 0.25) is 0 Å². The summed E-state index contributed by atoms with van der Waals surface area (Å²) in [6.45, 7) is 5.01. The zero-order valence-electron chi connectivity index (χ0n) is 9.03. The summed E-state index contributed by atoms with van der Waals surface area (Å²) in [7, 11) is 0. The van der Waals surface area contributed by atoms with Crippen LogP contribution in [0.25, 0.3) is 0 Å². The molecule has 1 rings (SSSR count). The van der Waals surface area contributed by atoms with Gasteiger partial charge in [-0.05, 0) is 24.7 Å². The van der Waals surface area contributed by atoms with E-state index >= 15 is 0 Å². The van der Waals surface area contributed by atoms with E-state index in [4.69, 9.17) is 10.9 Å². The number of amidine groups is 1. The summed E-state index contributed by atoms with van der Waals surface area (Å²) in [6, 6.07) is 0.528. The smallest absolute Gasteiger partial charge is 0.153 e. The van der Waals surface area contributed by atoms with Gasteiger partial charge in [0.2, 0.25) is 0 Å². The highest BCUT2D eigenvalue weighted by Crippen LogP contribution is 2.33. The van der Waals surface area contributed by atoms with E-state index in [0.717, 1.165) is 5.92 Å². The average Bonchev–Trinajstić information content (AvgIpc) is 2.56. The SMILES string of the molecule is CCC1CCC(NCC(N)=NO)C1C. The summed E-state index contributed by atoms with van der Waals surface area (Å²) < 4.78 is 0. The average molecular weight is 199 g/mol. The van der Waals surface area contributed by atoms with Gasteiger partial charge in [0.15, 0.2) is 5.84 Å². The van der Waals surface area contributed by atoms with Crippen LogP contribution in [0.4, 0.5) is 0 Å². The van der Waals surface area contributed by atoms with Gasteiger partial charge in [0.05, 0.1) is 6.54 Å². The molecular weight excluding hydrogens is 178 g/mol. The van der Waals surface area contributed by atoms with Crippen molar-refractivity contribution in [3.63, 3.8) is 0 Å². The molecule has 82 valence electrons. The van der Waals surface area contributed by atoms with Crippen LogP contribution < -0.4 is 11.1 Å². The van der Waals surface area contributed by atoms with Crippen LogP contribution in [-0.2, 0) is 0 Å². The van der Waals surface area contributed by atoms with Crippen molar-refractivity contribution in [3.05, 3.63) is 0 Å². The minimum atomic E-state index is 0.261.